The molecule has 7 nitrogen and oxygen atoms in total. The zero-order valence-electron chi connectivity index (χ0n) is 9.74. The molecule has 0 saturated carbocycles. The van der Waals surface area contributed by atoms with Crippen molar-refractivity contribution in [3.8, 4) is 0 Å². The van der Waals surface area contributed by atoms with Gasteiger partial charge in [-0.3, -0.25) is 9.59 Å². The second-order valence-corrected chi connectivity index (χ2v) is 4.56. The van der Waals surface area contributed by atoms with Gasteiger partial charge in [-0.2, -0.15) is 4.89 Å². The molecule has 0 spiro atoms. The van der Waals surface area contributed by atoms with Crippen molar-refractivity contribution in [2.24, 2.45) is 17.8 Å². The van der Waals surface area contributed by atoms with E-state index in [2.05, 4.69) is 9.93 Å². The van der Waals surface area contributed by atoms with E-state index in [-0.39, 0.29) is 18.9 Å². The summed E-state index contributed by atoms with van der Waals surface area (Å²) in [5.41, 5.74) is 0.529. The van der Waals surface area contributed by atoms with Crippen molar-refractivity contribution in [1.82, 2.24) is 0 Å². The van der Waals surface area contributed by atoms with Crippen LogP contribution in [0.5, 0.6) is 0 Å². The van der Waals surface area contributed by atoms with Gasteiger partial charge in [0.1, 0.15) is 12.7 Å². The lowest BCUT2D eigenvalue weighted by molar-refractivity contribution is -0.461. The molecule has 4 unspecified atom stereocenters. The maximum atomic E-state index is 11.2. The summed E-state index contributed by atoms with van der Waals surface area (Å²) >= 11 is 0. The third kappa shape index (κ3) is 2.38. The number of rotatable bonds is 3. The molecule has 0 amide bonds. The Hall–Kier alpha value is -1.44. The SMILES string of the molecule is CC1=CC(C2COOO2)CC(C(=O)O)C1C(=O)O. The van der Waals surface area contributed by atoms with E-state index in [1.165, 1.54) is 0 Å². The summed E-state index contributed by atoms with van der Waals surface area (Å²) < 4.78 is 0. The molecule has 4 atom stereocenters. The number of aliphatic carboxylic acids is 2. The topological polar surface area (TPSA) is 102 Å². The first-order valence-corrected chi connectivity index (χ1v) is 5.59. The van der Waals surface area contributed by atoms with Crippen LogP contribution in [-0.2, 0) is 24.4 Å². The molecule has 1 heterocycles. The number of carboxylic acids is 2. The molecule has 2 rings (SSSR count). The molecule has 1 fully saturated rings. The molecule has 0 aromatic carbocycles. The Morgan fingerprint density at radius 1 is 1.33 bits per heavy atom. The molecule has 1 aliphatic carbocycles. The lowest BCUT2D eigenvalue weighted by atomic mass is 9.73. The van der Waals surface area contributed by atoms with Crippen LogP contribution < -0.4 is 0 Å². The van der Waals surface area contributed by atoms with Gasteiger partial charge < -0.3 is 10.2 Å². The number of hydrogen-bond acceptors (Lipinski definition) is 5. The first-order valence-electron chi connectivity index (χ1n) is 5.59. The van der Waals surface area contributed by atoms with E-state index in [1.54, 1.807) is 13.0 Å². The van der Waals surface area contributed by atoms with E-state index in [0.717, 1.165) is 0 Å². The van der Waals surface area contributed by atoms with Crippen LogP contribution in [0.4, 0.5) is 0 Å². The predicted molar refractivity (Wildman–Crippen MR) is 56.0 cm³/mol. The first-order chi connectivity index (χ1) is 8.50. The quantitative estimate of drug-likeness (QED) is 0.565. The highest BCUT2D eigenvalue weighted by Gasteiger charge is 2.43. The van der Waals surface area contributed by atoms with E-state index in [9.17, 15) is 9.59 Å². The van der Waals surface area contributed by atoms with Gasteiger partial charge in [0.2, 0.25) is 0 Å². The molecule has 2 aliphatic rings. The van der Waals surface area contributed by atoms with E-state index in [1.807, 2.05) is 0 Å². The molecular weight excluding hydrogens is 244 g/mol. The Bertz CT molecular complexity index is 383. The van der Waals surface area contributed by atoms with Crippen molar-refractivity contribution >= 4 is 11.9 Å². The van der Waals surface area contributed by atoms with Crippen molar-refractivity contribution < 1.29 is 34.6 Å². The predicted octanol–water partition coefficient (Wildman–Crippen LogP) is 0.616. The lowest BCUT2D eigenvalue weighted by Gasteiger charge is -2.31. The van der Waals surface area contributed by atoms with Crippen molar-refractivity contribution in [3.05, 3.63) is 11.6 Å². The van der Waals surface area contributed by atoms with E-state index < -0.39 is 29.9 Å². The van der Waals surface area contributed by atoms with Gasteiger partial charge in [0, 0.05) is 5.92 Å². The van der Waals surface area contributed by atoms with E-state index in [4.69, 9.17) is 15.1 Å². The minimum Gasteiger partial charge on any atom is -0.481 e. The van der Waals surface area contributed by atoms with Gasteiger partial charge in [-0.05, 0) is 13.3 Å². The average molecular weight is 258 g/mol. The van der Waals surface area contributed by atoms with Crippen molar-refractivity contribution in [2.45, 2.75) is 19.4 Å². The van der Waals surface area contributed by atoms with Crippen LogP contribution in [0.3, 0.4) is 0 Å². The Balaban J connectivity index is 2.23. The van der Waals surface area contributed by atoms with E-state index in [0.29, 0.717) is 5.57 Å². The zero-order valence-corrected chi connectivity index (χ0v) is 9.74. The summed E-state index contributed by atoms with van der Waals surface area (Å²) in [6.07, 6.45) is 1.54. The van der Waals surface area contributed by atoms with Gasteiger partial charge >= 0.3 is 11.9 Å². The second kappa shape index (κ2) is 5.05. The minimum absolute atomic E-state index is 0.195. The van der Waals surface area contributed by atoms with Crippen LogP contribution in [0.15, 0.2) is 11.6 Å². The Morgan fingerprint density at radius 3 is 2.56 bits per heavy atom. The van der Waals surface area contributed by atoms with Gasteiger partial charge in [0.15, 0.2) is 0 Å². The van der Waals surface area contributed by atoms with Crippen molar-refractivity contribution in [3.63, 3.8) is 0 Å². The van der Waals surface area contributed by atoms with Gasteiger partial charge in [-0.1, -0.05) is 16.7 Å². The highest BCUT2D eigenvalue weighted by Crippen LogP contribution is 2.37. The molecule has 0 radical (unpaired) electrons. The molecule has 1 aliphatic heterocycles. The summed E-state index contributed by atoms with van der Waals surface area (Å²) in [5, 5.41) is 22.6. The van der Waals surface area contributed by atoms with Gasteiger partial charge in [0.05, 0.1) is 11.8 Å². The molecule has 100 valence electrons. The average Bonchev–Trinajstić information content (AvgIpc) is 2.80. The number of carboxylic acid groups (broad SMARTS) is 2. The summed E-state index contributed by atoms with van der Waals surface area (Å²) in [7, 11) is 0. The fourth-order valence-electron chi connectivity index (χ4n) is 2.52. The monoisotopic (exact) mass is 258 g/mol. The number of hydrogen-bond donors (Lipinski definition) is 2. The largest absolute Gasteiger partial charge is 0.481 e. The second-order valence-electron chi connectivity index (χ2n) is 4.56. The van der Waals surface area contributed by atoms with Gasteiger partial charge in [-0.25, -0.2) is 4.89 Å². The van der Waals surface area contributed by atoms with Crippen LogP contribution in [-0.4, -0.2) is 34.9 Å². The molecule has 1 saturated heterocycles. The molecule has 18 heavy (non-hydrogen) atoms. The molecule has 0 aromatic rings. The molecule has 0 bridgehead atoms. The fraction of sp³-hybridized carbons (Fsp3) is 0.636. The zero-order chi connectivity index (χ0) is 13.3. The molecule has 0 aromatic heterocycles. The molecule has 2 N–H and O–H groups in total. The van der Waals surface area contributed by atoms with Crippen molar-refractivity contribution in [1.29, 1.82) is 0 Å². The maximum Gasteiger partial charge on any atom is 0.311 e. The highest BCUT2D eigenvalue weighted by atomic mass is 17.5. The third-order valence-electron chi connectivity index (χ3n) is 3.40. The van der Waals surface area contributed by atoms with E-state index >= 15 is 0 Å². The van der Waals surface area contributed by atoms with Gasteiger partial charge in [0.25, 0.3) is 0 Å². The van der Waals surface area contributed by atoms with Crippen molar-refractivity contribution in [2.75, 3.05) is 6.61 Å². The summed E-state index contributed by atoms with van der Waals surface area (Å²) in [6.45, 7) is 1.83. The first kappa shape index (κ1) is 13.0. The summed E-state index contributed by atoms with van der Waals surface area (Å²) in [5.74, 6) is -4.39. The Kier molecular flexibility index (Phi) is 3.65. The standard InChI is InChI=1S/C11H14O7/c1-5-2-6(8-4-16-18-17-8)3-7(10(12)13)9(5)11(14)15/h2,6-9H,3-4H2,1H3,(H,12,13)(H,14,15). The smallest absolute Gasteiger partial charge is 0.311 e. The Labute approximate surface area is 103 Å². The van der Waals surface area contributed by atoms with Crippen LogP contribution >= 0.6 is 0 Å². The Morgan fingerprint density at radius 2 is 2.06 bits per heavy atom. The summed E-state index contributed by atoms with van der Waals surface area (Å²) in [4.78, 5) is 31.8. The van der Waals surface area contributed by atoms with Crippen LogP contribution in [0.25, 0.3) is 0 Å². The van der Waals surface area contributed by atoms with Crippen LogP contribution in [0, 0.1) is 17.8 Å². The normalized spacial score (nSPS) is 36.2. The third-order valence-corrected chi connectivity index (χ3v) is 3.40. The molecule has 7 heteroatoms. The van der Waals surface area contributed by atoms with Crippen LogP contribution in [0.2, 0.25) is 0 Å². The maximum absolute atomic E-state index is 11.2. The molecular formula is C11H14O7. The summed E-state index contributed by atoms with van der Waals surface area (Å²) in [6, 6.07) is 0. The fourth-order valence-corrected chi connectivity index (χ4v) is 2.52. The van der Waals surface area contributed by atoms with Crippen LogP contribution in [0.1, 0.15) is 13.3 Å². The van der Waals surface area contributed by atoms with Gasteiger partial charge in [-0.15, -0.1) is 0 Å². The highest BCUT2D eigenvalue weighted by molar-refractivity contribution is 5.82. The minimum atomic E-state index is -1.12. The number of carbonyl (C=O) groups is 2. The lowest BCUT2D eigenvalue weighted by Crippen LogP contribution is -2.38.